The molecule has 1 atom stereocenters. The number of hydrogen-bond donors (Lipinski definition) is 2. The van der Waals surface area contributed by atoms with Crippen LogP contribution in [0.15, 0.2) is 36.4 Å². The largest absolute Gasteiger partial charge is 0.496 e. The monoisotopic (exact) mass is 332 g/mol. The van der Waals surface area contributed by atoms with Crippen LogP contribution >= 0.6 is 11.3 Å². The van der Waals surface area contributed by atoms with Crippen molar-refractivity contribution in [3.8, 4) is 5.75 Å². The summed E-state index contributed by atoms with van der Waals surface area (Å²) in [5.74, 6) is 0.242. The second-order valence-electron chi connectivity index (χ2n) is 5.12. The molecule has 0 aliphatic rings. The van der Waals surface area contributed by atoms with Gasteiger partial charge in [-0.05, 0) is 32.0 Å². The Hall–Kier alpha value is -2.34. The number of nitrogens with one attached hydrogen (secondary N) is 2. The highest BCUT2D eigenvalue weighted by Gasteiger charge is 2.15. The summed E-state index contributed by atoms with van der Waals surface area (Å²) in [6, 6.07) is 10.9. The second-order valence-corrected chi connectivity index (χ2v) is 6.41. The fourth-order valence-corrected chi connectivity index (χ4v) is 2.98. The van der Waals surface area contributed by atoms with Gasteiger partial charge >= 0.3 is 0 Å². The molecule has 0 fully saturated rings. The number of ether oxygens (including phenoxy) is 1. The van der Waals surface area contributed by atoms with Crippen molar-refractivity contribution < 1.29 is 14.3 Å². The van der Waals surface area contributed by atoms with Crippen LogP contribution in [0, 0.1) is 6.92 Å². The first-order valence-corrected chi connectivity index (χ1v) is 8.10. The molecule has 2 rings (SSSR count). The molecule has 2 aromatic rings. The highest BCUT2D eigenvalue weighted by molar-refractivity contribution is 7.13. The minimum Gasteiger partial charge on any atom is -0.496 e. The Labute approximate surface area is 139 Å². The van der Waals surface area contributed by atoms with Crippen LogP contribution in [-0.2, 0) is 4.79 Å². The molecule has 122 valence electrons. The Morgan fingerprint density at radius 2 is 1.96 bits per heavy atom. The Morgan fingerprint density at radius 1 is 1.22 bits per heavy atom. The van der Waals surface area contributed by atoms with Gasteiger partial charge in [-0.1, -0.05) is 18.2 Å². The number of rotatable bonds is 6. The molecule has 0 aliphatic heterocycles. The summed E-state index contributed by atoms with van der Waals surface area (Å²) in [4.78, 5) is 25.6. The lowest BCUT2D eigenvalue weighted by Crippen LogP contribution is -2.37. The van der Waals surface area contributed by atoms with E-state index in [-0.39, 0.29) is 24.4 Å². The molecule has 1 heterocycles. The van der Waals surface area contributed by atoms with Crippen molar-refractivity contribution in [2.75, 3.05) is 13.7 Å². The molecule has 0 saturated carbocycles. The van der Waals surface area contributed by atoms with E-state index in [1.807, 2.05) is 44.2 Å². The fraction of sp³-hybridized carbons (Fsp3) is 0.294. The lowest BCUT2D eigenvalue weighted by Gasteiger charge is -2.17. The van der Waals surface area contributed by atoms with Crippen LogP contribution < -0.4 is 15.4 Å². The van der Waals surface area contributed by atoms with Crippen molar-refractivity contribution in [1.82, 2.24) is 10.6 Å². The summed E-state index contributed by atoms with van der Waals surface area (Å²) in [7, 11) is 1.59. The zero-order valence-corrected chi connectivity index (χ0v) is 14.2. The van der Waals surface area contributed by atoms with Gasteiger partial charge in [0.25, 0.3) is 5.91 Å². The number of hydrogen-bond acceptors (Lipinski definition) is 4. The maximum Gasteiger partial charge on any atom is 0.261 e. The molecule has 0 spiro atoms. The normalized spacial score (nSPS) is 11.6. The molecule has 1 aromatic heterocycles. The average Bonchev–Trinajstić information content (AvgIpc) is 2.99. The van der Waals surface area contributed by atoms with Crippen LogP contribution in [0.3, 0.4) is 0 Å². The molecule has 23 heavy (non-hydrogen) atoms. The third-order valence-corrected chi connectivity index (χ3v) is 4.36. The van der Waals surface area contributed by atoms with Gasteiger partial charge in [-0.25, -0.2) is 0 Å². The van der Waals surface area contributed by atoms with E-state index in [9.17, 15) is 9.59 Å². The molecular formula is C17H20N2O3S. The van der Waals surface area contributed by atoms with Gasteiger partial charge in [-0.2, -0.15) is 0 Å². The third-order valence-electron chi connectivity index (χ3n) is 3.36. The molecular weight excluding hydrogens is 312 g/mol. The maximum atomic E-state index is 12.0. The zero-order chi connectivity index (χ0) is 16.8. The summed E-state index contributed by atoms with van der Waals surface area (Å²) in [6.07, 6.45) is 0. The first kappa shape index (κ1) is 17.0. The van der Waals surface area contributed by atoms with Gasteiger partial charge in [0, 0.05) is 10.4 Å². The smallest absolute Gasteiger partial charge is 0.261 e. The van der Waals surface area contributed by atoms with Crippen LogP contribution in [0.2, 0.25) is 0 Å². The second kappa shape index (κ2) is 7.78. The summed E-state index contributed by atoms with van der Waals surface area (Å²) < 4.78 is 5.29. The van der Waals surface area contributed by atoms with Crippen molar-refractivity contribution in [2.45, 2.75) is 19.9 Å². The van der Waals surface area contributed by atoms with E-state index in [0.717, 1.165) is 16.2 Å². The first-order chi connectivity index (χ1) is 11.0. The average molecular weight is 332 g/mol. The third kappa shape index (κ3) is 4.56. The molecule has 5 nitrogen and oxygen atoms in total. The molecule has 2 N–H and O–H groups in total. The lowest BCUT2D eigenvalue weighted by atomic mass is 10.1. The van der Waals surface area contributed by atoms with Gasteiger partial charge in [0.2, 0.25) is 5.91 Å². The summed E-state index contributed by atoms with van der Waals surface area (Å²) in [6.45, 7) is 3.75. The number of carbonyl (C=O) groups is 2. The predicted octanol–water partition coefficient (Wildman–Crippen LogP) is 2.67. The van der Waals surface area contributed by atoms with E-state index in [2.05, 4.69) is 10.6 Å². The van der Waals surface area contributed by atoms with E-state index >= 15 is 0 Å². The molecule has 1 unspecified atom stereocenters. The van der Waals surface area contributed by atoms with E-state index in [1.165, 1.54) is 11.3 Å². The molecule has 0 radical (unpaired) electrons. The van der Waals surface area contributed by atoms with Gasteiger partial charge in [0.15, 0.2) is 0 Å². The number of amides is 2. The quantitative estimate of drug-likeness (QED) is 0.854. The van der Waals surface area contributed by atoms with E-state index in [0.29, 0.717) is 4.88 Å². The highest BCUT2D eigenvalue weighted by atomic mass is 32.1. The minimum atomic E-state index is -0.245. The molecule has 0 saturated heterocycles. The SMILES string of the molecule is COc1ccccc1C(C)NC(=O)CNC(=O)c1ccc(C)s1. The van der Waals surface area contributed by atoms with Gasteiger partial charge in [0.1, 0.15) is 5.75 Å². The highest BCUT2D eigenvalue weighted by Crippen LogP contribution is 2.24. The molecule has 2 amide bonds. The number of aryl methyl sites for hydroxylation is 1. The van der Waals surface area contributed by atoms with E-state index < -0.39 is 0 Å². The van der Waals surface area contributed by atoms with E-state index in [1.54, 1.807) is 13.2 Å². The molecule has 1 aromatic carbocycles. The Balaban J connectivity index is 1.88. The van der Waals surface area contributed by atoms with Crippen LogP contribution in [0.25, 0.3) is 0 Å². The van der Waals surface area contributed by atoms with Crippen LogP contribution in [0.4, 0.5) is 0 Å². The van der Waals surface area contributed by atoms with Crippen molar-refractivity contribution in [3.05, 3.63) is 51.7 Å². The minimum absolute atomic E-state index is 0.0602. The number of para-hydroxylation sites is 1. The van der Waals surface area contributed by atoms with Crippen LogP contribution in [0.5, 0.6) is 5.75 Å². The number of methoxy groups -OCH3 is 1. The number of thiophene rings is 1. The van der Waals surface area contributed by atoms with Gasteiger partial charge in [-0.3, -0.25) is 9.59 Å². The van der Waals surface area contributed by atoms with Crippen molar-refractivity contribution >= 4 is 23.2 Å². The zero-order valence-electron chi connectivity index (χ0n) is 13.4. The molecule has 6 heteroatoms. The fourth-order valence-electron chi connectivity index (χ4n) is 2.20. The van der Waals surface area contributed by atoms with Crippen molar-refractivity contribution in [1.29, 1.82) is 0 Å². The van der Waals surface area contributed by atoms with Crippen molar-refractivity contribution in [2.24, 2.45) is 0 Å². The number of carbonyl (C=O) groups excluding carboxylic acids is 2. The van der Waals surface area contributed by atoms with Crippen LogP contribution in [-0.4, -0.2) is 25.5 Å². The Bertz CT molecular complexity index is 697. The van der Waals surface area contributed by atoms with E-state index in [4.69, 9.17) is 4.74 Å². The first-order valence-electron chi connectivity index (χ1n) is 7.28. The standard InChI is InChI=1S/C17H20N2O3S/c1-11-8-9-15(23-11)17(21)18-10-16(20)19-12(2)13-6-4-5-7-14(13)22-3/h4-9,12H,10H2,1-3H3,(H,18,21)(H,19,20). The summed E-state index contributed by atoms with van der Waals surface area (Å²) >= 11 is 1.40. The summed E-state index contributed by atoms with van der Waals surface area (Å²) in [5.41, 5.74) is 0.892. The maximum absolute atomic E-state index is 12.0. The van der Waals surface area contributed by atoms with Gasteiger partial charge in [0.05, 0.1) is 24.6 Å². The topological polar surface area (TPSA) is 67.4 Å². The van der Waals surface area contributed by atoms with Gasteiger partial charge in [-0.15, -0.1) is 11.3 Å². The lowest BCUT2D eigenvalue weighted by molar-refractivity contribution is -0.120. The van der Waals surface area contributed by atoms with Crippen LogP contribution in [0.1, 0.15) is 33.1 Å². The molecule has 0 aliphatic carbocycles. The molecule has 0 bridgehead atoms. The number of benzene rings is 1. The van der Waals surface area contributed by atoms with Gasteiger partial charge < -0.3 is 15.4 Å². The van der Waals surface area contributed by atoms with Crippen molar-refractivity contribution in [3.63, 3.8) is 0 Å². The Morgan fingerprint density at radius 3 is 2.61 bits per heavy atom. The summed E-state index contributed by atoms with van der Waals surface area (Å²) in [5, 5.41) is 5.48. The predicted molar refractivity (Wildman–Crippen MR) is 90.9 cm³/mol. The Kier molecular flexibility index (Phi) is 5.76.